The van der Waals surface area contributed by atoms with E-state index < -0.39 is 11.3 Å². The maximum atomic E-state index is 12.2. The second-order valence-electron chi connectivity index (χ2n) is 5.13. The van der Waals surface area contributed by atoms with E-state index >= 15 is 0 Å². The summed E-state index contributed by atoms with van der Waals surface area (Å²) in [6.45, 7) is 0.673. The van der Waals surface area contributed by atoms with Crippen LogP contribution >= 0.6 is 0 Å². The highest BCUT2D eigenvalue weighted by Crippen LogP contribution is 2.48. The van der Waals surface area contributed by atoms with E-state index in [1.807, 2.05) is 0 Å². The number of esters is 2. The third-order valence-electron chi connectivity index (χ3n) is 4.10. The first-order chi connectivity index (χ1) is 8.64. The minimum Gasteiger partial charge on any atom is -0.469 e. The smallest absolute Gasteiger partial charge is 0.312 e. The summed E-state index contributed by atoms with van der Waals surface area (Å²) in [7, 11) is 2.74. The van der Waals surface area contributed by atoms with Gasteiger partial charge >= 0.3 is 11.9 Å². The van der Waals surface area contributed by atoms with Gasteiger partial charge in [-0.15, -0.1) is 0 Å². The standard InChI is InChI=1S/C13H20O5/c1-16-11(14)10-5-3-4-6-13(10,12(15)17-2)7-9-8-18-9/h9-10H,3-8H2,1-2H3. The van der Waals surface area contributed by atoms with Crippen molar-refractivity contribution in [3.8, 4) is 0 Å². The highest BCUT2D eigenvalue weighted by Gasteiger charge is 2.54. The van der Waals surface area contributed by atoms with Crippen LogP contribution in [0.5, 0.6) is 0 Å². The maximum absolute atomic E-state index is 12.2. The Bertz CT molecular complexity index is 336. The topological polar surface area (TPSA) is 65.1 Å². The Kier molecular flexibility index (Phi) is 3.90. The van der Waals surface area contributed by atoms with Gasteiger partial charge in [0.05, 0.1) is 38.3 Å². The SMILES string of the molecule is COC(=O)C1CCCCC1(CC1CO1)C(=O)OC. The van der Waals surface area contributed by atoms with E-state index in [9.17, 15) is 9.59 Å². The van der Waals surface area contributed by atoms with Gasteiger partial charge in [-0.3, -0.25) is 9.59 Å². The van der Waals surface area contributed by atoms with Crippen LogP contribution in [-0.4, -0.2) is 38.9 Å². The number of hydrogen-bond acceptors (Lipinski definition) is 5. The Balaban J connectivity index is 2.26. The monoisotopic (exact) mass is 256 g/mol. The van der Waals surface area contributed by atoms with Crippen molar-refractivity contribution >= 4 is 11.9 Å². The molecule has 2 fully saturated rings. The highest BCUT2D eigenvalue weighted by molar-refractivity contribution is 5.85. The number of hydrogen-bond donors (Lipinski definition) is 0. The van der Waals surface area contributed by atoms with Crippen LogP contribution in [-0.2, 0) is 23.8 Å². The van der Waals surface area contributed by atoms with Crippen molar-refractivity contribution in [3.05, 3.63) is 0 Å². The first-order valence-corrected chi connectivity index (χ1v) is 6.42. The zero-order chi connectivity index (χ0) is 13.2. The molecular weight excluding hydrogens is 236 g/mol. The molecule has 5 heteroatoms. The molecule has 3 atom stereocenters. The Morgan fingerprint density at radius 1 is 1.28 bits per heavy atom. The molecule has 1 saturated carbocycles. The zero-order valence-corrected chi connectivity index (χ0v) is 10.9. The van der Waals surface area contributed by atoms with Gasteiger partial charge in [-0.2, -0.15) is 0 Å². The van der Waals surface area contributed by atoms with Crippen molar-refractivity contribution in [2.45, 2.75) is 38.2 Å². The number of epoxide rings is 1. The average molecular weight is 256 g/mol. The van der Waals surface area contributed by atoms with Crippen LogP contribution in [0.3, 0.4) is 0 Å². The van der Waals surface area contributed by atoms with E-state index in [2.05, 4.69) is 0 Å². The van der Waals surface area contributed by atoms with E-state index in [-0.39, 0.29) is 18.0 Å². The summed E-state index contributed by atoms with van der Waals surface area (Å²) in [5.74, 6) is -0.998. The molecule has 0 aromatic rings. The molecule has 2 rings (SSSR count). The van der Waals surface area contributed by atoms with Gasteiger partial charge in [0.1, 0.15) is 0 Å². The quantitative estimate of drug-likeness (QED) is 0.560. The lowest BCUT2D eigenvalue weighted by Gasteiger charge is -2.39. The normalized spacial score (nSPS) is 34.8. The molecule has 0 amide bonds. The molecular formula is C13H20O5. The molecule has 0 aromatic heterocycles. The minimum atomic E-state index is -0.749. The van der Waals surface area contributed by atoms with Crippen molar-refractivity contribution in [1.29, 1.82) is 0 Å². The fraction of sp³-hybridized carbons (Fsp3) is 0.846. The van der Waals surface area contributed by atoms with Crippen molar-refractivity contribution in [1.82, 2.24) is 0 Å². The molecule has 0 bridgehead atoms. The summed E-state index contributed by atoms with van der Waals surface area (Å²) in [6, 6.07) is 0. The Morgan fingerprint density at radius 3 is 2.56 bits per heavy atom. The van der Waals surface area contributed by atoms with Gasteiger partial charge in [0.2, 0.25) is 0 Å². The van der Waals surface area contributed by atoms with E-state index in [1.165, 1.54) is 14.2 Å². The largest absolute Gasteiger partial charge is 0.469 e. The maximum Gasteiger partial charge on any atom is 0.312 e. The van der Waals surface area contributed by atoms with Crippen molar-refractivity contribution in [2.24, 2.45) is 11.3 Å². The average Bonchev–Trinajstić information content (AvgIpc) is 3.21. The van der Waals surface area contributed by atoms with Crippen molar-refractivity contribution in [2.75, 3.05) is 20.8 Å². The van der Waals surface area contributed by atoms with Crippen LogP contribution in [0.2, 0.25) is 0 Å². The molecule has 102 valence electrons. The Labute approximate surface area is 107 Å². The Morgan fingerprint density at radius 2 is 2.00 bits per heavy atom. The minimum absolute atomic E-state index is 0.0920. The lowest BCUT2D eigenvalue weighted by molar-refractivity contribution is -0.171. The molecule has 2 aliphatic rings. The van der Waals surface area contributed by atoms with Crippen LogP contribution in [0.25, 0.3) is 0 Å². The predicted molar refractivity (Wildman–Crippen MR) is 62.8 cm³/mol. The first-order valence-electron chi connectivity index (χ1n) is 6.42. The number of carbonyl (C=O) groups excluding carboxylic acids is 2. The molecule has 1 saturated heterocycles. The van der Waals surface area contributed by atoms with Gasteiger partial charge in [-0.05, 0) is 19.3 Å². The van der Waals surface area contributed by atoms with Crippen LogP contribution in [0.4, 0.5) is 0 Å². The predicted octanol–water partition coefficient (Wildman–Crippen LogP) is 1.30. The number of methoxy groups -OCH3 is 2. The molecule has 3 unspecified atom stereocenters. The third-order valence-corrected chi connectivity index (χ3v) is 4.10. The molecule has 0 aromatic carbocycles. The van der Waals surface area contributed by atoms with E-state index in [4.69, 9.17) is 14.2 Å². The molecule has 0 spiro atoms. The third kappa shape index (κ3) is 2.36. The van der Waals surface area contributed by atoms with Crippen LogP contribution in [0.15, 0.2) is 0 Å². The molecule has 5 nitrogen and oxygen atoms in total. The van der Waals surface area contributed by atoms with Crippen molar-refractivity contribution < 1.29 is 23.8 Å². The second kappa shape index (κ2) is 5.26. The van der Waals surface area contributed by atoms with Gasteiger partial charge in [-0.1, -0.05) is 12.8 Å². The Hall–Kier alpha value is -1.10. The molecule has 1 aliphatic heterocycles. The summed E-state index contributed by atoms with van der Waals surface area (Å²) in [5, 5.41) is 0. The summed E-state index contributed by atoms with van der Waals surface area (Å²) < 4.78 is 15.0. The van der Waals surface area contributed by atoms with E-state index in [0.29, 0.717) is 25.9 Å². The molecule has 1 heterocycles. The summed E-state index contributed by atoms with van der Waals surface area (Å²) in [4.78, 5) is 24.1. The number of ether oxygens (including phenoxy) is 3. The molecule has 0 N–H and O–H groups in total. The first kappa shape index (κ1) is 13.3. The van der Waals surface area contributed by atoms with Gasteiger partial charge in [0.25, 0.3) is 0 Å². The molecule has 1 aliphatic carbocycles. The van der Waals surface area contributed by atoms with Gasteiger partial charge in [-0.25, -0.2) is 0 Å². The van der Waals surface area contributed by atoms with E-state index in [1.54, 1.807) is 0 Å². The number of carbonyl (C=O) groups is 2. The summed E-state index contributed by atoms with van der Waals surface area (Å²) in [6.07, 6.45) is 3.92. The number of rotatable bonds is 4. The van der Waals surface area contributed by atoms with Gasteiger partial charge in [0, 0.05) is 0 Å². The molecule has 18 heavy (non-hydrogen) atoms. The lowest BCUT2D eigenvalue weighted by atomic mass is 9.63. The highest BCUT2D eigenvalue weighted by atomic mass is 16.6. The second-order valence-corrected chi connectivity index (χ2v) is 5.13. The molecule has 0 radical (unpaired) electrons. The zero-order valence-electron chi connectivity index (χ0n) is 10.9. The van der Waals surface area contributed by atoms with Crippen LogP contribution in [0.1, 0.15) is 32.1 Å². The lowest BCUT2D eigenvalue weighted by Crippen LogP contribution is -2.46. The summed E-state index contributed by atoms with van der Waals surface area (Å²) >= 11 is 0. The van der Waals surface area contributed by atoms with Gasteiger partial charge < -0.3 is 14.2 Å². The van der Waals surface area contributed by atoms with Crippen LogP contribution in [0, 0.1) is 11.3 Å². The van der Waals surface area contributed by atoms with E-state index in [0.717, 1.165) is 12.8 Å². The fourth-order valence-corrected chi connectivity index (χ4v) is 3.09. The summed E-state index contributed by atoms with van der Waals surface area (Å²) in [5.41, 5.74) is -0.749. The van der Waals surface area contributed by atoms with Gasteiger partial charge in [0.15, 0.2) is 0 Å². The van der Waals surface area contributed by atoms with Crippen molar-refractivity contribution in [3.63, 3.8) is 0 Å². The fourth-order valence-electron chi connectivity index (χ4n) is 3.09. The van der Waals surface area contributed by atoms with Crippen LogP contribution < -0.4 is 0 Å².